The zero-order chi connectivity index (χ0) is 21.4. The molecule has 3 aliphatic rings. The second-order valence-electron chi connectivity index (χ2n) is 9.20. The number of carbonyl (C=O) groups excluding carboxylic acids is 3. The van der Waals surface area contributed by atoms with Gasteiger partial charge in [0.1, 0.15) is 19.1 Å². The van der Waals surface area contributed by atoms with Gasteiger partial charge in [-0.1, -0.05) is 45.4 Å². The first-order valence-electron chi connectivity index (χ1n) is 10.2. The summed E-state index contributed by atoms with van der Waals surface area (Å²) in [6.45, 7) is 7.87. The fourth-order valence-corrected chi connectivity index (χ4v) is 5.61. The summed E-state index contributed by atoms with van der Waals surface area (Å²) in [5.74, 6) is -1.84. The Balaban J connectivity index is 1.90. The maximum absolute atomic E-state index is 12.5. The number of cyclic esters (lactones) is 1. The van der Waals surface area contributed by atoms with Crippen LogP contribution in [0, 0.1) is 16.7 Å². The molecule has 0 aromatic rings. The number of ether oxygens (including phenoxy) is 2. The van der Waals surface area contributed by atoms with E-state index >= 15 is 0 Å². The number of aliphatic hydroxyl groups is 1. The summed E-state index contributed by atoms with van der Waals surface area (Å²) in [5, 5.41) is 11.4. The molecule has 6 nitrogen and oxygen atoms in total. The van der Waals surface area contributed by atoms with E-state index in [4.69, 9.17) is 9.47 Å². The lowest BCUT2D eigenvalue weighted by molar-refractivity contribution is -0.196. The fraction of sp³-hybridized carbons (Fsp3) is 0.609. The van der Waals surface area contributed by atoms with Crippen LogP contribution in [0.1, 0.15) is 53.4 Å². The highest BCUT2D eigenvalue weighted by Crippen LogP contribution is 2.63. The molecule has 2 fully saturated rings. The standard InChI is InChI=1S/C23H30O6/c1-5-6-7-9-16(24)13-18(25)29-17-12-15-14-28-20(26)23(15,27)22(4)11-8-10-21(2,3)19(17)22/h5-7,9,12,17,19,27H,8,10-11,13-14H2,1-4H3/b6-5+,9-7+/t17-,19+,22+,23+/m1/s1. The van der Waals surface area contributed by atoms with Gasteiger partial charge >= 0.3 is 11.9 Å². The maximum atomic E-state index is 12.5. The minimum Gasteiger partial charge on any atom is -0.459 e. The zero-order valence-corrected chi connectivity index (χ0v) is 17.6. The van der Waals surface area contributed by atoms with Gasteiger partial charge in [-0.2, -0.15) is 0 Å². The Morgan fingerprint density at radius 2 is 2.00 bits per heavy atom. The molecular formula is C23H30O6. The molecule has 4 atom stereocenters. The van der Waals surface area contributed by atoms with E-state index in [-0.39, 0.29) is 30.1 Å². The number of allylic oxidation sites excluding steroid dienone is 4. The minimum absolute atomic E-state index is 0.00283. The van der Waals surface area contributed by atoms with E-state index in [1.165, 1.54) is 6.08 Å². The van der Waals surface area contributed by atoms with Gasteiger partial charge in [0.15, 0.2) is 11.4 Å². The van der Waals surface area contributed by atoms with Gasteiger partial charge in [0.05, 0.1) is 0 Å². The van der Waals surface area contributed by atoms with E-state index < -0.39 is 29.1 Å². The summed E-state index contributed by atoms with van der Waals surface area (Å²) in [7, 11) is 0. The van der Waals surface area contributed by atoms with Crippen LogP contribution in [0.5, 0.6) is 0 Å². The van der Waals surface area contributed by atoms with Gasteiger partial charge in [-0.15, -0.1) is 0 Å². The Bertz CT molecular complexity index is 804. The molecule has 0 amide bonds. The molecule has 0 spiro atoms. The van der Waals surface area contributed by atoms with Crippen molar-refractivity contribution in [1.82, 2.24) is 0 Å². The van der Waals surface area contributed by atoms with E-state index in [1.807, 2.05) is 13.8 Å². The Kier molecular flexibility index (Phi) is 5.60. The third-order valence-corrected chi connectivity index (χ3v) is 6.86. The van der Waals surface area contributed by atoms with Crippen molar-refractivity contribution >= 4 is 17.7 Å². The lowest BCUT2D eigenvalue weighted by atomic mass is 9.46. The molecular weight excluding hydrogens is 372 g/mol. The van der Waals surface area contributed by atoms with E-state index in [0.29, 0.717) is 12.0 Å². The van der Waals surface area contributed by atoms with Crippen LogP contribution in [0.4, 0.5) is 0 Å². The predicted octanol–water partition coefficient (Wildman–Crippen LogP) is 3.05. The molecule has 1 heterocycles. The summed E-state index contributed by atoms with van der Waals surface area (Å²) in [4.78, 5) is 37.0. The van der Waals surface area contributed by atoms with Crippen molar-refractivity contribution in [3.05, 3.63) is 36.0 Å². The van der Waals surface area contributed by atoms with Gasteiger partial charge in [0.2, 0.25) is 0 Å². The molecule has 1 saturated heterocycles. The second kappa shape index (κ2) is 7.56. The van der Waals surface area contributed by atoms with E-state index in [9.17, 15) is 19.5 Å². The quantitative estimate of drug-likeness (QED) is 0.250. The molecule has 3 rings (SSSR count). The van der Waals surface area contributed by atoms with Crippen molar-refractivity contribution in [3.8, 4) is 0 Å². The van der Waals surface area contributed by atoms with Crippen molar-refractivity contribution in [2.24, 2.45) is 16.7 Å². The predicted molar refractivity (Wildman–Crippen MR) is 107 cm³/mol. The van der Waals surface area contributed by atoms with Crippen molar-refractivity contribution in [2.45, 2.75) is 65.1 Å². The number of esters is 2. The molecule has 0 aromatic carbocycles. The van der Waals surface area contributed by atoms with Crippen LogP contribution < -0.4 is 0 Å². The van der Waals surface area contributed by atoms with Crippen LogP contribution in [0.3, 0.4) is 0 Å². The van der Waals surface area contributed by atoms with E-state index in [2.05, 4.69) is 13.8 Å². The number of hydrogen-bond acceptors (Lipinski definition) is 6. The smallest absolute Gasteiger partial charge is 0.343 e. The lowest BCUT2D eigenvalue weighted by Gasteiger charge is -2.59. The molecule has 1 saturated carbocycles. The largest absolute Gasteiger partial charge is 0.459 e. The highest BCUT2D eigenvalue weighted by atomic mass is 16.6. The van der Waals surface area contributed by atoms with Crippen LogP contribution in [0.15, 0.2) is 36.0 Å². The van der Waals surface area contributed by atoms with Gasteiger partial charge in [-0.05, 0) is 37.3 Å². The van der Waals surface area contributed by atoms with Gasteiger partial charge in [0.25, 0.3) is 0 Å². The molecule has 0 unspecified atom stereocenters. The Morgan fingerprint density at radius 1 is 1.28 bits per heavy atom. The summed E-state index contributed by atoms with van der Waals surface area (Å²) < 4.78 is 11.0. The second-order valence-corrected chi connectivity index (χ2v) is 9.20. The van der Waals surface area contributed by atoms with Gasteiger partial charge in [-0.3, -0.25) is 9.59 Å². The molecule has 2 aliphatic carbocycles. The van der Waals surface area contributed by atoms with Crippen LogP contribution >= 0.6 is 0 Å². The van der Waals surface area contributed by atoms with E-state index in [0.717, 1.165) is 12.8 Å². The van der Waals surface area contributed by atoms with E-state index in [1.54, 1.807) is 24.3 Å². The first kappa shape index (κ1) is 21.5. The maximum Gasteiger partial charge on any atom is 0.343 e. The molecule has 29 heavy (non-hydrogen) atoms. The number of fused-ring (bicyclic) bond motifs is 3. The summed E-state index contributed by atoms with van der Waals surface area (Å²) in [6.07, 6.45) is 9.50. The van der Waals surface area contributed by atoms with Crippen LogP contribution in [0.2, 0.25) is 0 Å². The normalized spacial score (nSPS) is 35.8. The van der Waals surface area contributed by atoms with Gasteiger partial charge in [-0.25, -0.2) is 4.79 Å². The topological polar surface area (TPSA) is 89.9 Å². The van der Waals surface area contributed by atoms with Crippen LogP contribution in [0.25, 0.3) is 0 Å². The van der Waals surface area contributed by atoms with Crippen LogP contribution in [-0.2, 0) is 23.9 Å². The lowest BCUT2D eigenvalue weighted by Crippen LogP contribution is -2.65. The molecule has 1 aliphatic heterocycles. The third-order valence-electron chi connectivity index (χ3n) is 6.86. The Labute approximate surface area is 171 Å². The summed E-state index contributed by atoms with van der Waals surface area (Å²) >= 11 is 0. The minimum atomic E-state index is -1.69. The molecule has 1 N–H and O–H groups in total. The number of hydrogen-bond donors (Lipinski definition) is 1. The summed E-state index contributed by atoms with van der Waals surface area (Å²) in [6, 6.07) is 0. The van der Waals surface area contributed by atoms with Gasteiger partial charge in [0, 0.05) is 16.9 Å². The fourth-order valence-electron chi connectivity index (χ4n) is 5.61. The number of rotatable bonds is 5. The molecule has 0 bridgehead atoms. The highest BCUT2D eigenvalue weighted by molar-refractivity contribution is 6.02. The SMILES string of the molecule is C/C=C/C=C/C(=O)CC(=O)O[C@@H]1C=C2COC(=O)[C@]2(O)[C@@]2(C)CCCC(C)(C)[C@H]12. The average Bonchev–Trinajstić information content (AvgIpc) is 2.91. The zero-order valence-electron chi connectivity index (χ0n) is 17.6. The first-order chi connectivity index (χ1) is 13.6. The highest BCUT2D eigenvalue weighted by Gasteiger charge is 2.69. The molecule has 158 valence electrons. The number of carbonyl (C=O) groups is 3. The van der Waals surface area contributed by atoms with Gasteiger partial charge < -0.3 is 14.6 Å². The third kappa shape index (κ3) is 3.48. The molecule has 0 radical (unpaired) electrons. The number of ketones is 1. The monoisotopic (exact) mass is 402 g/mol. The van der Waals surface area contributed by atoms with Crippen molar-refractivity contribution in [3.63, 3.8) is 0 Å². The Hall–Kier alpha value is -2.21. The van der Waals surface area contributed by atoms with Crippen LogP contribution in [-0.4, -0.2) is 41.1 Å². The average molecular weight is 402 g/mol. The van der Waals surface area contributed by atoms with Crippen molar-refractivity contribution in [2.75, 3.05) is 6.61 Å². The van der Waals surface area contributed by atoms with Crippen molar-refractivity contribution < 1.29 is 29.0 Å². The summed E-state index contributed by atoms with van der Waals surface area (Å²) in [5.41, 5.74) is -2.32. The first-order valence-corrected chi connectivity index (χ1v) is 10.2. The molecule has 0 aromatic heterocycles. The van der Waals surface area contributed by atoms with Crippen molar-refractivity contribution in [1.29, 1.82) is 0 Å². The molecule has 6 heteroatoms. The Morgan fingerprint density at radius 3 is 2.69 bits per heavy atom.